The van der Waals surface area contributed by atoms with Gasteiger partial charge in [0.05, 0.1) is 5.58 Å². The molecule has 46 heavy (non-hydrogen) atoms. The van der Waals surface area contributed by atoms with E-state index in [0.717, 1.165) is 44.5 Å². The van der Waals surface area contributed by atoms with Gasteiger partial charge in [-0.05, 0) is 29.0 Å². The third-order valence-electron chi connectivity index (χ3n) is 8.24. The molecular weight excluding hydrogens is 808 g/mol. The van der Waals surface area contributed by atoms with Crippen molar-refractivity contribution >= 4 is 39.6 Å². The molecule has 4 aromatic carbocycles. The summed E-state index contributed by atoms with van der Waals surface area (Å²) >= 11 is -1.79. The fourth-order valence-corrected chi connectivity index (χ4v) is 7.54. The van der Waals surface area contributed by atoms with Crippen molar-refractivity contribution in [2.24, 2.45) is 0 Å². The largest absolute Gasteiger partial charge is 0 e. The van der Waals surface area contributed by atoms with E-state index >= 15 is 0 Å². The van der Waals surface area contributed by atoms with Crippen LogP contribution in [0.3, 0.4) is 0 Å². The number of hydrogen-bond acceptors (Lipinski definition) is 3. The Bertz CT molecular complexity index is 2070. The van der Waals surface area contributed by atoms with Crippen molar-refractivity contribution in [2.45, 2.75) is 36.5 Å². The Balaban J connectivity index is 0.000000200. The summed E-state index contributed by atoms with van der Waals surface area (Å²) in [6.45, 7) is 4.50. The van der Waals surface area contributed by atoms with Crippen molar-refractivity contribution < 1.29 is 28.9 Å². The van der Waals surface area contributed by atoms with E-state index in [9.17, 15) is 4.39 Å². The maximum Gasteiger partial charge on any atom is 0 e. The van der Waals surface area contributed by atoms with Crippen LogP contribution in [-0.4, -0.2) is 23.2 Å². The van der Waals surface area contributed by atoms with Gasteiger partial charge in [-0.3, -0.25) is 0 Å². The summed E-state index contributed by atoms with van der Waals surface area (Å²) in [5.41, 5.74) is 7.74. The second kappa shape index (κ2) is 13.8. The molecule has 233 valence electrons. The molecule has 0 amide bonds. The van der Waals surface area contributed by atoms with Crippen LogP contribution in [0.2, 0.25) is 17.3 Å². The zero-order chi connectivity index (χ0) is 31.6. The van der Waals surface area contributed by atoms with Crippen molar-refractivity contribution in [1.82, 2.24) is 9.97 Å². The van der Waals surface area contributed by atoms with E-state index in [-0.39, 0.29) is 31.3 Å². The number of para-hydroxylation sites is 1. The molecule has 3 nitrogen and oxygen atoms in total. The van der Waals surface area contributed by atoms with Gasteiger partial charge in [-0.25, -0.2) is 0 Å². The van der Waals surface area contributed by atoms with Crippen molar-refractivity contribution in [3.8, 4) is 22.5 Å². The molecule has 3 aromatic heterocycles. The number of fused-ring (bicyclic) bond motifs is 3. The Morgan fingerprint density at radius 3 is 2.11 bits per heavy atom. The topological polar surface area (TPSA) is 38.9 Å². The Hall–Kier alpha value is -3.90. The molecule has 0 aliphatic heterocycles. The number of pyridine rings is 2. The van der Waals surface area contributed by atoms with E-state index < -0.39 is 13.3 Å². The number of aromatic nitrogens is 2. The molecule has 0 bridgehead atoms. The number of furan rings is 1. The molecule has 6 heteroatoms. The monoisotopic (exact) mass is 845 g/mol. The van der Waals surface area contributed by atoms with E-state index in [1.165, 1.54) is 27.7 Å². The maximum absolute atomic E-state index is 12.8. The number of nitrogens with zero attached hydrogens (tertiary/aromatic N) is 2. The third-order valence-corrected chi connectivity index (χ3v) is 12.5. The van der Waals surface area contributed by atoms with Gasteiger partial charge in [0.15, 0.2) is 0 Å². The summed E-state index contributed by atoms with van der Waals surface area (Å²) in [6.07, 6.45) is 3.84. The molecule has 7 rings (SSSR count). The Morgan fingerprint density at radius 1 is 0.674 bits per heavy atom. The van der Waals surface area contributed by atoms with Gasteiger partial charge in [-0.15, -0.1) is 23.8 Å². The van der Waals surface area contributed by atoms with E-state index in [1.54, 1.807) is 6.07 Å². The van der Waals surface area contributed by atoms with Gasteiger partial charge in [-0.2, -0.15) is 0 Å². The first-order valence-electron chi connectivity index (χ1n) is 15.1. The molecule has 0 fully saturated rings. The number of rotatable bonds is 5. The van der Waals surface area contributed by atoms with Gasteiger partial charge in [0.1, 0.15) is 5.58 Å². The van der Waals surface area contributed by atoms with Crippen LogP contribution in [0.25, 0.3) is 44.5 Å². The SMILES string of the molecule is CC(C)(c1ccccc1)c1ccnc(-c2[c-]cc3oc4ccccc4c3c2)c1.[CH3][Ge]([CH3])([CH3])[c]1ccc(-c2[c-]cc(F)cc2)nc1.[Ir]. The van der Waals surface area contributed by atoms with Crippen LogP contribution in [0.1, 0.15) is 25.0 Å². The minimum Gasteiger partial charge on any atom is 0 e. The zero-order valence-corrected chi connectivity index (χ0v) is 31.1. The van der Waals surface area contributed by atoms with Gasteiger partial charge in [-0.1, -0.05) is 73.8 Å². The Labute approximate surface area is 286 Å². The fraction of sp³-hybridized carbons (Fsp3) is 0.150. The number of halogens is 1. The minimum absolute atomic E-state index is 0. The molecule has 7 aromatic rings. The summed E-state index contributed by atoms with van der Waals surface area (Å²) < 4.78 is 20.1. The van der Waals surface area contributed by atoms with Gasteiger partial charge < -0.3 is 9.40 Å². The van der Waals surface area contributed by atoms with Crippen LogP contribution >= 0.6 is 0 Å². The quantitative estimate of drug-likeness (QED) is 0.128. The standard InChI is InChI=1S/C26H20NO.C14H15FGeN.Ir/c1-26(2,19-8-4-3-5-9-19)20-14-15-27-23(17-20)18-12-13-25-22(16-18)21-10-6-7-11-24(21)28-25;1-16(2,3)13-8-9-14(17-10-13)11-4-6-12(15)7-5-11;/h3-11,13-17H,1-2H3;4,6-10H,1-3H3;/q2*-1;. The van der Waals surface area contributed by atoms with Gasteiger partial charge in [0.2, 0.25) is 0 Å². The summed E-state index contributed by atoms with van der Waals surface area (Å²) in [4.78, 5) is 9.06. The zero-order valence-electron chi connectivity index (χ0n) is 26.6. The third kappa shape index (κ3) is 7.23. The molecule has 0 saturated heterocycles. The molecule has 0 spiro atoms. The van der Waals surface area contributed by atoms with E-state index in [2.05, 4.69) is 114 Å². The molecule has 0 aliphatic rings. The first-order chi connectivity index (χ1) is 21.6. The van der Waals surface area contributed by atoms with Crippen LogP contribution in [0.15, 0.2) is 126 Å². The van der Waals surface area contributed by atoms with Crippen LogP contribution in [0.4, 0.5) is 4.39 Å². The van der Waals surface area contributed by atoms with Crippen molar-refractivity contribution in [3.63, 3.8) is 0 Å². The van der Waals surface area contributed by atoms with Gasteiger partial charge >= 0.3 is 104 Å². The average Bonchev–Trinajstić information content (AvgIpc) is 3.44. The first kappa shape index (κ1) is 33.5. The van der Waals surface area contributed by atoms with Gasteiger partial charge in [0.25, 0.3) is 0 Å². The van der Waals surface area contributed by atoms with E-state index in [1.807, 2.05) is 42.7 Å². The number of hydrogen-bond donors (Lipinski definition) is 0. The van der Waals surface area contributed by atoms with Crippen molar-refractivity contribution in [3.05, 3.63) is 151 Å². The predicted octanol–water partition coefficient (Wildman–Crippen LogP) is 10.0. The molecule has 0 saturated carbocycles. The summed E-state index contributed by atoms with van der Waals surface area (Å²) in [6, 6.07) is 41.9. The predicted molar refractivity (Wildman–Crippen MR) is 186 cm³/mol. The Morgan fingerprint density at radius 2 is 1.41 bits per heavy atom. The average molecular weight is 844 g/mol. The van der Waals surface area contributed by atoms with Crippen molar-refractivity contribution in [1.29, 1.82) is 0 Å². The molecule has 3 heterocycles. The van der Waals surface area contributed by atoms with Crippen molar-refractivity contribution in [2.75, 3.05) is 0 Å². The molecular formula is C40H35FGeIrN2O-2. The second-order valence-electron chi connectivity index (χ2n) is 12.7. The normalized spacial score (nSPS) is 11.5. The number of benzene rings is 4. The maximum atomic E-state index is 12.8. The summed E-state index contributed by atoms with van der Waals surface area (Å²) in [5, 5.41) is 2.22. The van der Waals surface area contributed by atoms with E-state index in [0.29, 0.717) is 0 Å². The van der Waals surface area contributed by atoms with E-state index in [4.69, 9.17) is 4.42 Å². The Kier molecular flexibility index (Phi) is 10.1. The van der Waals surface area contributed by atoms with Crippen LogP contribution < -0.4 is 4.40 Å². The van der Waals surface area contributed by atoms with Gasteiger partial charge in [0, 0.05) is 37.1 Å². The molecule has 0 aliphatic carbocycles. The molecule has 0 N–H and O–H groups in total. The van der Waals surface area contributed by atoms with Crippen LogP contribution in [0, 0.1) is 17.9 Å². The first-order valence-corrected chi connectivity index (χ1v) is 22.4. The summed E-state index contributed by atoms with van der Waals surface area (Å²) in [7, 11) is 0. The second-order valence-corrected chi connectivity index (χ2v) is 23.4. The van der Waals surface area contributed by atoms with Crippen LogP contribution in [-0.2, 0) is 25.5 Å². The molecule has 1 radical (unpaired) electrons. The molecule has 0 atom stereocenters. The molecule has 0 unspecified atom stereocenters. The smallest absolute Gasteiger partial charge is 0 e. The fourth-order valence-electron chi connectivity index (χ4n) is 5.37. The minimum atomic E-state index is -1.79. The summed E-state index contributed by atoms with van der Waals surface area (Å²) in [5.74, 6) is 6.73. The van der Waals surface area contributed by atoms with Crippen LogP contribution in [0.5, 0.6) is 0 Å².